The van der Waals surface area contributed by atoms with Crippen molar-refractivity contribution in [3.8, 4) is 5.75 Å². The van der Waals surface area contributed by atoms with Crippen LogP contribution >= 0.6 is 0 Å². The van der Waals surface area contributed by atoms with Crippen LogP contribution < -0.4 is 5.32 Å². The second-order valence-electron chi connectivity index (χ2n) is 12.8. The number of carbonyl (C=O) groups is 2. The van der Waals surface area contributed by atoms with Crippen molar-refractivity contribution >= 4 is 18.0 Å². The summed E-state index contributed by atoms with van der Waals surface area (Å²) >= 11 is 0. The Bertz CT molecular complexity index is 1680. The Labute approximate surface area is 266 Å². The summed E-state index contributed by atoms with van der Waals surface area (Å²) in [6.07, 6.45) is 3.11. The van der Waals surface area contributed by atoms with Gasteiger partial charge in [-0.3, -0.25) is 14.4 Å². The minimum atomic E-state index is -1.30. The highest BCUT2D eigenvalue weighted by atomic mass is 16.8. The summed E-state index contributed by atoms with van der Waals surface area (Å²) in [5, 5.41) is 24.1. The fourth-order valence-corrected chi connectivity index (χ4v) is 8.10. The number of benzene rings is 3. The lowest BCUT2D eigenvalue weighted by Crippen LogP contribution is -2.69. The van der Waals surface area contributed by atoms with Crippen molar-refractivity contribution in [1.29, 1.82) is 0 Å². The first-order valence-electron chi connectivity index (χ1n) is 15.9. The monoisotopic (exact) mass is 624 g/mol. The van der Waals surface area contributed by atoms with E-state index in [4.69, 9.17) is 19.0 Å². The van der Waals surface area contributed by atoms with E-state index in [1.54, 1.807) is 17.2 Å². The number of hydrogen-bond donors (Lipinski definition) is 3. The van der Waals surface area contributed by atoms with Gasteiger partial charge in [0.2, 0.25) is 5.91 Å². The van der Waals surface area contributed by atoms with E-state index in [0.717, 1.165) is 27.8 Å². The van der Waals surface area contributed by atoms with Gasteiger partial charge in [0.25, 0.3) is 0 Å². The first-order valence-corrected chi connectivity index (χ1v) is 15.9. The molecule has 6 atom stereocenters. The first-order chi connectivity index (χ1) is 22.4. The largest absolute Gasteiger partial charge is 0.508 e. The van der Waals surface area contributed by atoms with E-state index < -0.39 is 47.6 Å². The lowest BCUT2D eigenvalue weighted by molar-refractivity contribution is -0.217. The SMILES string of the molecule is O=C1OC2CC3(C(=O)NCCO)C(ON(Cc4ccccc4C=CCc4ccccc4O)C13)C1OC3(Cc4ccccc4C3)OC21. The van der Waals surface area contributed by atoms with Crippen LogP contribution in [0.5, 0.6) is 5.75 Å². The molecule has 0 radical (unpaired) electrons. The summed E-state index contributed by atoms with van der Waals surface area (Å²) in [6, 6.07) is 22.1. The van der Waals surface area contributed by atoms with Crippen molar-refractivity contribution < 1.29 is 38.9 Å². The molecule has 0 aromatic heterocycles. The number of nitrogens with zero attached hydrogens (tertiary/aromatic N) is 1. The summed E-state index contributed by atoms with van der Waals surface area (Å²) in [6.45, 7) is 0.0278. The molecule has 3 heterocycles. The molecule has 3 aromatic carbocycles. The average molecular weight is 625 g/mol. The van der Waals surface area contributed by atoms with Gasteiger partial charge in [0, 0.05) is 25.8 Å². The molecule has 3 aliphatic heterocycles. The normalized spacial score (nSPS) is 30.4. The molecule has 4 fully saturated rings. The van der Waals surface area contributed by atoms with E-state index in [1.807, 2.05) is 60.7 Å². The Kier molecular flexibility index (Phi) is 7.23. The average Bonchev–Trinajstić information content (AvgIpc) is 3.73. The molecule has 5 aliphatic rings. The molecule has 6 unspecified atom stereocenters. The molecule has 2 aliphatic carbocycles. The van der Waals surface area contributed by atoms with Crippen molar-refractivity contribution in [3.05, 3.63) is 107 Å². The highest BCUT2D eigenvalue weighted by Crippen LogP contribution is 2.58. The number of carbonyl (C=O) groups excluding carboxylic acids is 2. The van der Waals surface area contributed by atoms with Crippen LogP contribution in [0.2, 0.25) is 0 Å². The highest BCUT2D eigenvalue weighted by Gasteiger charge is 2.76. The second kappa shape index (κ2) is 11.3. The predicted octanol–water partition coefficient (Wildman–Crippen LogP) is 2.84. The Hall–Kier alpha value is -4.06. The Morgan fingerprint density at radius 1 is 0.957 bits per heavy atom. The fourth-order valence-electron chi connectivity index (χ4n) is 8.10. The third-order valence-electron chi connectivity index (χ3n) is 10.1. The number of allylic oxidation sites excluding steroid dienone is 1. The molecule has 1 saturated carbocycles. The number of rotatable bonds is 8. The quantitative estimate of drug-likeness (QED) is 0.325. The third kappa shape index (κ3) is 4.66. The van der Waals surface area contributed by atoms with Crippen molar-refractivity contribution in [2.75, 3.05) is 13.2 Å². The smallest absolute Gasteiger partial charge is 0.327 e. The third-order valence-corrected chi connectivity index (χ3v) is 10.1. The van der Waals surface area contributed by atoms with Crippen LogP contribution in [-0.2, 0) is 54.4 Å². The minimum Gasteiger partial charge on any atom is -0.508 e. The zero-order valence-electron chi connectivity index (χ0n) is 25.2. The molecule has 1 amide bonds. The molecular weight excluding hydrogens is 588 g/mol. The van der Waals surface area contributed by atoms with Gasteiger partial charge in [-0.1, -0.05) is 78.9 Å². The van der Waals surface area contributed by atoms with Crippen LogP contribution in [0.1, 0.15) is 34.2 Å². The molecule has 10 heteroatoms. The predicted molar refractivity (Wildman–Crippen MR) is 165 cm³/mol. The van der Waals surface area contributed by atoms with Crippen LogP contribution in [0, 0.1) is 5.41 Å². The molecule has 3 saturated heterocycles. The van der Waals surface area contributed by atoms with E-state index in [9.17, 15) is 19.8 Å². The molecular formula is C36H36N2O8. The molecule has 46 heavy (non-hydrogen) atoms. The summed E-state index contributed by atoms with van der Waals surface area (Å²) in [5.41, 5.74) is 3.62. The van der Waals surface area contributed by atoms with E-state index in [0.29, 0.717) is 19.3 Å². The number of hydroxylamine groups is 2. The molecule has 10 nitrogen and oxygen atoms in total. The maximum absolute atomic E-state index is 14.1. The number of esters is 1. The van der Waals surface area contributed by atoms with Crippen molar-refractivity contribution in [2.45, 2.75) is 68.5 Å². The Morgan fingerprint density at radius 3 is 2.41 bits per heavy atom. The van der Waals surface area contributed by atoms with Crippen molar-refractivity contribution in [2.24, 2.45) is 5.41 Å². The lowest BCUT2D eigenvalue weighted by Gasteiger charge is -2.48. The topological polar surface area (TPSA) is 127 Å². The first kappa shape index (κ1) is 29.3. The summed E-state index contributed by atoms with van der Waals surface area (Å²) in [5.74, 6) is -1.59. The highest BCUT2D eigenvalue weighted by molar-refractivity contribution is 5.93. The number of phenolic OH excluding ortho intramolecular Hbond substituents is 1. The summed E-state index contributed by atoms with van der Waals surface area (Å²) < 4.78 is 19.5. The fraction of sp³-hybridized carbons (Fsp3) is 0.389. The van der Waals surface area contributed by atoms with Gasteiger partial charge in [0.05, 0.1) is 13.2 Å². The number of fused-ring (bicyclic) bond motifs is 5. The molecule has 3 aromatic rings. The van der Waals surface area contributed by atoms with Gasteiger partial charge in [0.1, 0.15) is 35.6 Å². The van der Waals surface area contributed by atoms with Crippen LogP contribution in [0.15, 0.2) is 78.9 Å². The lowest BCUT2D eigenvalue weighted by atomic mass is 9.62. The van der Waals surface area contributed by atoms with Crippen molar-refractivity contribution in [1.82, 2.24) is 10.4 Å². The molecule has 2 bridgehead atoms. The summed E-state index contributed by atoms with van der Waals surface area (Å²) in [7, 11) is 0. The maximum atomic E-state index is 14.1. The van der Waals surface area contributed by atoms with Gasteiger partial charge >= 0.3 is 5.97 Å². The number of hydrogen-bond acceptors (Lipinski definition) is 9. The summed E-state index contributed by atoms with van der Waals surface area (Å²) in [4.78, 5) is 34.6. The zero-order chi connectivity index (χ0) is 31.5. The number of phenols is 1. The maximum Gasteiger partial charge on any atom is 0.327 e. The van der Waals surface area contributed by atoms with Gasteiger partial charge < -0.3 is 29.7 Å². The standard InChI is InChI=1S/C36H36N2O8/c39-17-16-37-34(42)36-20-28-29-30(45-35(44-29)18-24-10-2-3-11-25(24)19-35)32(36)46-38(31(36)33(41)43-28)21-26-12-4-1-8-22(26)13-7-14-23-9-5-6-15-27(23)40/h1-13,15,28-32,39-40H,14,16-21H2,(H,37,42). The number of ether oxygens (including phenoxy) is 3. The van der Waals surface area contributed by atoms with Crippen LogP contribution in [0.4, 0.5) is 0 Å². The van der Waals surface area contributed by atoms with E-state index in [1.165, 1.54) is 0 Å². The minimum absolute atomic E-state index is 0.0506. The van der Waals surface area contributed by atoms with E-state index in [-0.39, 0.29) is 37.8 Å². The van der Waals surface area contributed by atoms with E-state index in [2.05, 4.69) is 17.4 Å². The van der Waals surface area contributed by atoms with Crippen molar-refractivity contribution in [3.63, 3.8) is 0 Å². The van der Waals surface area contributed by atoms with Gasteiger partial charge in [-0.15, -0.1) is 0 Å². The number of amides is 1. The molecule has 8 rings (SSSR count). The Balaban J connectivity index is 1.11. The molecule has 3 N–H and O–H groups in total. The van der Waals surface area contributed by atoms with Crippen LogP contribution in [-0.4, -0.2) is 76.5 Å². The zero-order valence-corrected chi connectivity index (χ0v) is 25.2. The van der Waals surface area contributed by atoms with Gasteiger partial charge in [0.15, 0.2) is 11.8 Å². The van der Waals surface area contributed by atoms with Gasteiger partial charge in [-0.2, -0.15) is 5.06 Å². The van der Waals surface area contributed by atoms with Gasteiger partial charge in [-0.05, 0) is 40.3 Å². The molecule has 238 valence electrons. The number of aliphatic hydroxyl groups is 1. The van der Waals surface area contributed by atoms with Crippen LogP contribution in [0.25, 0.3) is 6.08 Å². The number of aliphatic hydroxyl groups excluding tert-OH is 1. The van der Waals surface area contributed by atoms with Crippen LogP contribution in [0.3, 0.4) is 0 Å². The number of para-hydroxylation sites is 1. The van der Waals surface area contributed by atoms with Gasteiger partial charge in [-0.25, -0.2) is 0 Å². The van der Waals surface area contributed by atoms with E-state index >= 15 is 0 Å². The Morgan fingerprint density at radius 2 is 1.65 bits per heavy atom. The number of aromatic hydroxyl groups is 1. The number of nitrogens with one attached hydrogen (secondary N) is 1. The second-order valence-corrected chi connectivity index (χ2v) is 12.8. The molecule has 1 spiro atoms.